The molecule has 2 aliphatic rings. The van der Waals surface area contributed by atoms with Gasteiger partial charge in [-0.25, -0.2) is 0 Å². The van der Waals surface area contributed by atoms with Gasteiger partial charge in [0.25, 0.3) is 0 Å². The quantitative estimate of drug-likeness (QED) is 0.221. The molecule has 0 aromatic carbocycles. The molecule has 3 N–H and O–H groups in total. The SMILES string of the molecule is C=C1CC[C@@H]2C(C)(C)CCC[C@]2(C)[C@@H]1CC/C(C)=C\CC/C(C)=N\NC(N)=S. The highest BCUT2D eigenvalue weighted by Crippen LogP contribution is 2.61. The van der Waals surface area contributed by atoms with Gasteiger partial charge in [-0.15, -0.1) is 0 Å². The van der Waals surface area contributed by atoms with Gasteiger partial charge in [-0.2, -0.15) is 5.10 Å². The van der Waals surface area contributed by atoms with E-state index in [1.807, 2.05) is 6.92 Å². The van der Waals surface area contributed by atoms with Crippen LogP contribution in [0.25, 0.3) is 0 Å². The van der Waals surface area contributed by atoms with Crippen LogP contribution in [0.1, 0.15) is 92.4 Å². The summed E-state index contributed by atoms with van der Waals surface area (Å²) in [7, 11) is 0. The fourth-order valence-electron chi connectivity index (χ4n) is 6.02. The molecule has 2 saturated carbocycles. The number of nitrogens with zero attached hydrogens (tertiary/aromatic N) is 1. The van der Waals surface area contributed by atoms with Gasteiger partial charge in [0.2, 0.25) is 0 Å². The van der Waals surface area contributed by atoms with Gasteiger partial charge >= 0.3 is 0 Å². The van der Waals surface area contributed by atoms with E-state index >= 15 is 0 Å². The summed E-state index contributed by atoms with van der Waals surface area (Å²) in [5, 5.41) is 4.40. The van der Waals surface area contributed by atoms with Crippen LogP contribution >= 0.6 is 12.2 Å². The molecule has 0 saturated heterocycles. The summed E-state index contributed by atoms with van der Waals surface area (Å²) in [6.45, 7) is 16.4. The van der Waals surface area contributed by atoms with Crippen LogP contribution in [0.3, 0.4) is 0 Å². The minimum Gasteiger partial charge on any atom is -0.375 e. The van der Waals surface area contributed by atoms with E-state index < -0.39 is 0 Å². The summed E-state index contributed by atoms with van der Waals surface area (Å²) in [6.07, 6.45) is 13.4. The third kappa shape index (κ3) is 5.68. The van der Waals surface area contributed by atoms with Crippen molar-refractivity contribution in [3.8, 4) is 0 Å². The molecule has 2 aliphatic carbocycles. The predicted molar refractivity (Wildman–Crippen MR) is 126 cm³/mol. The van der Waals surface area contributed by atoms with Gasteiger partial charge < -0.3 is 5.73 Å². The molecule has 0 radical (unpaired) electrons. The molecule has 158 valence electrons. The molecular formula is C24H41N3S. The minimum atomic E-state index is 0.219. The first kappa shape index (κ1) is 23.1. The number of hydrogen-bond donors (Lipinski definition) is 2. The Kier molecular flexibility index (Phi) is 7.89. The lowest BCUT2D eigenvalue weighted by molar-refractivity contribution is -0.0539. The Balaban J connectivity index is 1.93. The normalized spacial score (nSPS) is 30.7. The summed E-state index contributed by atoms with van der Waals surface area (Å²) in [4.78, 5) is 0. The van der Waals surface area contributed by atoms with Crippen LogP contribution in [0.15, 0.2) is 28.9 Å². The van der Waals surface area contributed by atoms with Gasteiger partial charge in [-0.05, 0) is 100 Å². The first-order valence-electron chi connectivity index (χ1n) is 11.0. The number of allylic oxidation sites excluding steroid dienone is 3. The van der Waals surface area contributed by atoms with Crippen molar-refractivity contribution in [3.63, 3.8) is 0 Å². The number of fused-ring (bicyclic) bond motifs is 1. The predicted octanol–water partition coefficient (Wildman–Crippen LogP) is 6.50. The fourth-order valence-corrected chi connectivity index (χ4v) is 6.06. The highest BCUT2D eigenvalue weighted by molar-refractivity contribution is 7.80. The Bertz CT molecular complexity index is 646. The van der Waals surface area contributed by atoms with Crippen LogP contribution in [0, 0.1) is 22.7 Å². The van der Waals surface area contributed by atoms with E-state index in [-0.39, 0.29) is 5.11 Å². The molecule has 2 rings (SSSR count). The monoisotopic (exact) mass is 403 g/mol. The Morgan fingerprint density at radius 1 is 1.29 bits per heavy atom. The second-order valence-electron chi connectivity index (χ2n) is 10.1. The summed E-state index contributed by atoms with van der Waals surface area (Å²) in [5.41, 5.74) is 13.0. The average molecular weight is 404 g/mol. The molecule has 0 bridgehead atoms. The number of nitrogens with one attached hydrogen (secondary N) is 1. The molecule has 4 heteroatoms. The lowest BCUT2D eigenvalue weighted by Crippen LogP contribution is -2.49. The van der Waals surface area contributed by atoms with Gasteiger partial charge in [0, 0.05) is 5.71 Å². The molecule has 0 heterocycles. The van der Waals surface area contributed by atoms with E-state index in [1.165, 1.54) is 56.1 Å². The van der Waals surface area contributed by atoms with Crippen molar-refractivity contribution in [2.24, 2.45) is 33.5 Å². The van der Waals surface area contributed by atoms with Crippen LogP contribution in [0.5, 0.6) is 0 Å². The Hall–Kier alpha value is -1.16. The molecule has 0 spiro atoms. The Labute approximate surface area is 178 Å². The maximum atomic E-state index is 5.41. The third-order valence-electron chi connectivity index (χ3n) is 7.50. The van der Waals surface area contributed by atoms with Crippen molar-refractivity contribution in [1.29, 1.82) is 0 Å². The molecular weight excluding hydrogens is 362 g/mol. The van der Waals surface area contributed by atoms with Crippen molar-refractivity contribution < 1.29 is 0 Å². The number of rotatable bonds is 7. The first-order valence-corrected chi connectivity index (χ1v) is 11.4. The van der Waals surface area contributed by atoms with E-state index in [2.05, 4.69) is 50.9 Å². The second-order valence-corrected chi connectivity index (χ2v) is 10.5. The molecule has 0 aromatic rings. The van der Waals surface area contributed by atoms with Crippen molar-refractivity contribution in [3.05, 3.63) is 23.8 Å². The van der Waals surface area contributed by atoms with E-state index in [0.717, 1.165) is 24.5 Å². The topological polar surface area (TPSA) is 50.4 Å². The largest absolute Gasteiger partial charge is 0.375 e. The number of hydrazone groups is 1. The summed E-state index contributed by atoms with van der Waals surface area (Å²) < 4.78 is 0. The standard InChI is InChI=1S/C24H41N3S/c1-17(9-7-10-19(3)26-27-22(25)28)11-13-20-18(2)12-14-21-23(4,5)15-8-16-24(20,21)6/h9,20-21H,2,7-8,10-16H2,1,3-6H3,(H3,25,27,28)/b17-9-,26-19-/t20-,21-,24-/m1/s1. The lowest BCUT2D eigenvalue weighted by Gasteiger charge is -2.58. The number of nitrogens with two attached hydrogens (primary N) is 1. The van der Waals surface area contributed by atoms with E-state index in [9.17, 15) is 0 Å². The highest BCUT2D eigenvalue weighted by Gasteiger charge is 2.52. The van der Waals surface area contributed by atoms with Crippen LogP contribution < -0.4 is 11.2 Å². The zero-order valence-electron chi connectivity index (χ0n) is 18.7. The van der Waals surface area contributed by atoms with Crippen LogP contribution in [0.2, 0.25) is 0 Å². The highest BCUT2D eigenvalue weighted by atomic mass is 32.1. The number of hydrogen-bond acceptors (Lipinski definition) is 2. The van der Waals surface area contributed by atoms with E-state index in [4.69, 9.17) is 18.0 Å². The van der Waals surface area contributed by atoms with Crippen LogP contribution in [0.4, 0.5) is 0 Å². The smallest absolute Gasteiger partial charge is 0.184 e. The molecule has 28 heavy (non-hydrogen) atoms. The van der Waals surface area contributed by atoms with Gasteiger partial charge in [0.1, 0.15) is 0 Å². The molecule has 0 aromatic heterocycles. The van der Waals surface area contributed by atoms with Gasteiger partial charge in [-0.1, -0.05) is 51.0 Å². The van der Waals surface area contributed by atoms with Crippen LogP contribution in [-0.2, 0) is 0 Å². The minimum absolute atomic E-state index is 0.219. The Morgan fingerprint density at radius 3 is 2.68 bits per heavy atom. The second kappa shape index (κ2) is 9.56. The summed E-state index contributed by atoms with van der Waals surface area (Å²) >= 11 is 4.78. The molecule has 0 amide bonds. The fraction of sp³-hybridized carbons (Fsp3) is 0.750. The Morgan fingerprint density at radius 2 is 2.00 bits per heavy atom. The van der Waals surface area contributed by atoms with Gasteiger partial charge in [0.05, 0.1) is 0 Å². The maximum absolute atomic E-state index is 5.41. The van der Waals surface area contributed by atoms with Crippen molar-refractivity contribution in [2.75, 3.05) is 0 Å². The summed E-state index contributed by atoms with van der Waals surface area (Å²) in [5.74, 6) is 1.51. The number of thiocarbonyl (C=S) groups is 1. The molecule has 0 unspecified atom stereocenters. The molecule has 0 aliphatic heterocycles. The van der Waals surface area contributed by atoms with Crippen LogP contribution in [-0.4, -0.2) is 10.8 Å². The third-order valence-corrected chi connectivity index (χ3v) is 7.59. The average Bonchev–Trinajstić information content (AvgIpc) is 2.58. The van der Waals surface area contributed by atoms with Crippen molar-refractivity contribution in [2.45, 2.75) is 92.4 Å². The molecule has 2 fully saturated rings. The van der Waals surface area contributed by atoms with Gasteiger partial charge in [-0.3, -0.25) is 5.43 Å². The van der Waals surface area contributed by atoms with E-state index in [0.29, 0.717) is 16.7 Å². The molecule has 3 atom stereocenters. The lowest BCUT2D eigenvalue weighted by atomic mass is 9.47. The zero-order chi connectivity index (χ0) is 20.9. The zero-order valence-corrected chi connectivity index (χ0v) is 19.6. The summed E-state index contributed by atoms with van der Waals surface area (Å²) in [6, 6.07) is 0. The van der Waals surface area contributed by atoms with Crippen molar-refractivity contribution in [1.82, 2.24) is 5.43 Å². The van der Waals surface area contributed by atoms with Gasteiger partial charge in [0.15, 0.2) is 5.11 Å². The first-order chi connectivity index (χ1) is 13.1. The maximum Gasteiger partial charge on any atom is 0.184 e. The van der Waals surface area contributed by atoms with E-state index in [1.54, 1.807) is 0 Å². The van der Waals surface area contributed by atoms with Crippen molar-refractivity contribution >= 4 is 23.0 Å². The molecule has 3 nitrogen and oxygen atoms in total.